The van der Waals surface area contributed by atoms with Crippen molar-refractivity contribution in [1.29, 1.82) is 0 Å². The topological polar surface area (TPSA) is 9.86 Å². The van der Waals surface area contributed by atoms with Crippen LogP contribution in [0, 0.1) is 0 Å². The molecular formula is C36H24N2S. The molecule has 0 aliphatic carbocycles. The Kier molecular flexibility index (Phi) is 4.94. The number of hydrogen-bond donors (Lipinski definition) is 1. The second-order valence-electron chi connectivity index (χ2n) is 9.99. The molecule has 0 fully saturated rings. The maximum absolute atomic E-state index is 4.96. The fraction of sp³-hybridized carbons (Fsp3) is 0. The highest BCUT2D eigenvalue weighted by molar-refractivity contribution is 7.80. The predicted molar refractivity (Wildman–Crippen MR) is 168 cm³/mol. The molecule has 3 heteroatoms. The zero-order chi connectivity index (χ0) is 25.9. The molecular weight excluding hydrogens is 492 g/mol. The first-order valence-electron chi connectivity index (χ1n) is 13.2. The highest BCUT2D eigenvalue weighted by Crippen LogP contribution is 2.39. The minimum Gasteiger partial charge on any atom is -0.309 e. The van der Waals surface area contributed by atoms with Crippen molar-refractivity contribution < 1.29 is 0 Å². The van der Waals surface area contributed by atoms with Gasteiger partial charge in [0.15, 0.2) is 0 Å². The van der Waals surface area contributed by atoms with E-state index < -0.39 is 0 Å². The molecule has 0 amide bonds. The molecule has 0 aliphatic heterocycles. The van der Waals surface area contributed by atoms with E-state index in [0.717, 1.165) is 21.7 Å². The van der Waals surface area contributed by atoms with Crippen LogP contribution in [0.15, 0.2) is 144 Å². The normalized spacial score (nSPS) is 11.7. The van der Waals surface area contributed by atoms with Gasteiger partial charge < -0.3 is 9.13 Å². The summed E-state index contributed by atoms with van der Waals surface area (Å²) in [5.74, 6) is 0. The van der Waals surface area contributed by atoms with Crippen LogP contribution in [0.1, 0.15) is 0 Å². The second kappa shape index (κ2) is 8.65. The van der Waals surface area contributed by atoms with Crippen molar-refractivity contribution in [3.05, 3.63) is 140 Å². The summed E-state index contributed by atoms with van der Waals surface area (Å²) in [5, 5.41) is 4.96. The van der Waals surface area contributed by atoms with E-state index in [1.54, 1.807) is 0 Å². The van der Waals surface area contributed by atoms with E-state index in [4.69, 9.17) is 12.6 Å². The smallest absolute Gasteiger partial charge is 0.0552 e. The zero-order valence-electron chi connectivity index (χ0n) is 21.1. The fourth-order valence-corrected chi connectivity index (χ4v) is 6.40. The molecule has 0 spiro atoms. The van der Waals surface area contributed by atoms with E-state index in [1.165, 1.54) is 49.3 Å². The molecule has 0 saturated heterocycles. The molecule has 0 unspecified atom stereocenters. The highest BCUT2D eigenvalue weighted by Gasteiger charge is 2.17. The number of benzene rings is 6. The van der Waals surface area contributed by atoms with Gasteiger partial charge in [-0.15, -0.1) is 12.6 Å². The van der Waals surface area contributed by atoms with E-state index in [1.807, 2.05) is 0 Å². The van der Waals surface area contributed by atoms with E-state index in [2.05, 4.69) is 149 Å². The third-order valence-corrected chi connectivity index (χ3v) is 8.17. The first-order chi connectivity index (χ1) is 19.3. The second-order valence-corrected chi connectivity index (χ2v) is 10.5. The van der Waals surface area contributed by atoms with E-state index in [0.29, 0.717) is 0 Å². The van der Waals surface area contributed by atoms with Gasteiger partial charge in [-0.05, 0) is 65.7 Å². The number of nitrogens with zero attached hydrogens (tertiary/aromatic N) is 2. The van der Waals surface area contributed by atoms with Crippen LogP contribution >= 0.6 is 12.6 Å². The Bertz CT molecular complexity index is 2170. The SMILES string of the molecule is Sc1cc2c(cc1-c1ccccc1)c1ccccc1n2-c1ccc2c(c1)c1ccccc1n2-c1ccccc1. The lowest BCUT2D eigenvalue weighted by Gasteiger charge is -2.11. The monoisotopic (exact) mass is 516 g/mol. The molecule has 39 heavy (non-hydrogen) atoms. The van der Waals surface area contributed by atoms with Gasteiger partial charge in [-0.2, -0.15) is 0 Å². The largest absolute Gasteiger partial charge is 0.309 e. The van der Waals surface area contributed by atoms with Gasteiger partial charge in [0.25, 0.3) is 0 Å². The van der Waals surface area contributed by atoms with E-state index in [-0.39, 0.29) is 0 Å². The fourth-order valence-electron chi connectivity index (χ4n) is 6.09. The minimum absolute atomic E-state index is 0.972. The Hall–Kier alpha value is -4.73. The molecule has 2 heterocycles. The number of hydrogen-bond acceptors (Lipinski definition) is 1. The first kappa shape index (κ1) is 22.3. The molecule has 0 N–H and O–H groups in total. The predicted octanol–water partition coefficient (Wildman–Crippen LogP) is 9.84. The average molecular weight is 517 g/mol. The lowest BCUT2D eigenvalue weighted by atomic mass is 10.0. The van der Waals surface area contributed by atoms with Gasteiger partial charge in [0.05, 0.1) is 22.1 Å². The van der Waals surface area contributed by atoms with Crippen LogP contribution < -0.4 is 0 Å². The van der Waals surface area contributed by atoms with Crippen molar-refractivity contribution in [2.24, 2.45) is 0 Å². The van der Waals surface area contributed by atoms with Crippen molar-refractivity contribution in [3.8, 4) is 22.5 Å². The van der Waals surface area contributed by atoms with Crippen molar-refractivity contribution >= 4 is 56.2 Å². The number of rotatable bonds is 3. The number of aromatic nitrogens is 2. The van der Waals surface area contributed by atoms with E-state index in [9.17, 15) is 0 Å². The Balaban J connectivity index is 1.43. The van der Waals surface area contributed by atoms with Crippen LogP contribution in [0.2, 0.25) is 0 Å². The van der Waals surface area contributed by atoms with Crippen LogP contribution in [-0.4, -0.2) is 9.13 Å². The number of thiol groups is 1. The lowest BCUT2D eigenvalue weighted by molar-refractivity contribution is 1.16. The number of fused-ring (bicyclic) bond motifs is 6. The van der Waals surface area contributed by atoms with Crippen molar-refractivity contribution in [1.82, 2.24) is 9.13 Å². The van der Waals surface area contributed by atoms with Gasteiger partial charge in [-0.25, -0.2) is 0 Å². The van der Waals surface area contributed by atoms with Crippen LogP contribution in [0.25, 0.3) is 66.1 Å². The standard InChI is InChI=1S/C36H24N2S/c39-36-23-35-31(22-29(36)24-11-3-1-4-12-24)28-16-8-10-18-33(28)38(35)26-19-20-34-30(21-26)27-15-7-9-17-32(27)37(34)25-13-5-2-6-14-25/h1-23,39H. The Morgan fingerprint density at radius 1 is 0.385 bits per heavy atom. The molecule has 0 aliphatic rings. The summed E-state index contributed by atoms with van der Waals surface area (Å²) in [6.07, 6.45) is 0. The van der Waals surface area contributed by atoms with Gasteiger partial charge in [0, 0.05) is 37.8 Å². The first-order valence-corrected chi connectivity index (χ1v) is 13.6. The van der Waals surface area contributed by atoms with Crippen LogP contribution in [0.5, 0.6) is 0 Å². The summed E-state index contributed by atoms with van der Waals surface area (Å²) < 4.78 is 4.74. The molecule has 2 aromatic heterocycles. The molecule has 2 nitrogen and oxygen atoms in total. The maximum Gasteiger partial charge on any atom is 0.0552 e. The van der Waals surface area contributed by atoms with Crippen molar-refractivity contribution in [2.75, 3.05) is 0 Å². The van der Waals surface area contributed by atoms with Gasteiger partial charge in [-0.3, -0.25) is 0 Å². The van der Waals surface area contributed by atoms with Gasteiger partial charge >= 0.3 is 0 Å². The van der Waals surface area contributed by atoms with Gasteiger partial charge in [0.1, 0.15) is 0 Å². The van der Waals surface area contributed by atoms with Crippen LogP contribution in [0.4, 0.5) is 0 Å². The van der Waals surface area contributed by atoms with Crippen molar-refractivity contribution in [2.45, 2.75) is 4.90 Å². The Morgan fingerprint density at radius 3 is 1.62 bits per heavy atom. The highest BCUT2D eigenvalue weighted by atomic mass is 32.1. The van der Waals surface area contributed by atoms with E-state index >= 15 is 0 Å². The summed E-state index contributed by atoms with van der Waals surface area (Å²) >= 11 is 4.96. The molecule has 0 atom stereocenters. The summed E-state index contributed by atoms with van der Waals surface area (Å²) in [6, 6.07) is 49.9. The number of para-hydroxylation sites is 3. The zero-order valence-corrected chi connectivity index (χ0v) is 22.0. The third-order valence-electron chi connectivity index (χ3n) is 7.80. The van der Waals surface area contributed by atoms with Crippen LogP contribution in [0.3, 0.4) is 0 Å². The molecule has 0 bridgehead atoms. The maximum atomic E-state index is 4.96. The van der Waals surface area contributed by atoms with Gasteiger partial charge in [-0.1, -0.05) is 84.9 Å². The summed E-state index contributed by atoms with van der Waals surface area (Å²) in [5.41, 5.74) is 9.40. The van der Waals surface area contributed by atoms with Gasteiger partial charge in [0.2, 0.25) is 0 Å². The Morgan fingerprint density at radius 2 is 0.923 bits per heavy atom. The quantitative estimate of drug-likeness (QED) is 0.224. The van der Waals surface area contributed by atoms with Crippen molar-refractivity contribution in [3.63, 3.8) is 0 Å². The van der Waals surface area contributed by atoms with Crippen LogP contribution in [-0.2, 0) is 0 Å². The molecule has 8 rings (SSSR count). The molecule has 184 valence electrons. The molecule has 6 aromatic carbocycles. The molecule has 0 saturated carbocycles. The average Bonchev–Trinajstić information content (AvgIpc) is 3.49. The summed E-state index contributed by atoms with van der Waals surface area (Å²) in [7, 11) is 0. The lowest BCUT2D eigenvalue weighted by Crippen LogP contribution is -1.95. The Labute approximate surface area is 231 Å². The third kappa shape index (κ3) is 3.37. The summed E-state index contributed by atoms with van der Waals surface area (Å²) in [4.78, 5) is 0.972. The minimum atomic E-state index is 0.972. The molecule has 0 radical (unpaired) electrons. The summed E-state index contributed by atoms with van der Waals surface area (Å²) in [6.45, 7) is 0. The molecule has 8 aromatic rings.